The van der Waals surface area contributed by atoms with E-state index in [2.05, 4.69) is 20.2 Å². The summed E-state index contributed by atoms with van der Waals surface area (Å²) in [7, 11) is 0. The minimum absolute atomic E-state index is 0.119. The fourth-order valence-electron chi connectivity index (χ4n) is 4.74. The molecule has 34 heavy (non-hydrogen) atoms. The summed E-state index contributed by atoms with van der Waals surface area (Å²) in [6.45, 7) is 5.02. The highest BCUT2D eigenvalue weighted by Crippen LogP contribution is 2.39. The average molecular weight is 469 g/mol. The van der Waals surface area contributed by atoms with Crippen molar-refractivity contribution in [3.8, 4) is 0 Å². The van der Waals surface area contributed by atoms with Gasteiger partial charge in [-0.1, -0.05) is 0 Å². The number of aliphatic carboxylic acids is 1. The highest BCUT2D eigenvalue weighted by atomic mass is 19.1. The summed E-state index contributed by atoms with van der Waals surface area (Å²) >= 11 is 0. The maximum absolute atomic E-state index is 15.0. The second-order valence-electron chi connectivity index (χ2n) is 8.56. The van der Waals surface area contributed by atoms with E-state index in [0.717, 1.165) is 24.8 Å². The lowest BCUT2D eigenvalue weighted by Crippen LogP contribution is -2.37. The van der Waals surface area contributed by atoms with Crippen molar-refractivity contribution >= 4 is 39.8 Å². The molecular formula is C24H25F2N5O3. The van der Waals surface area contributed by atoms with Crippen molar-refractivity contribution in [2.75, 3.05) is 48.0 Å². The number of nitrogens with zero attached hydrogens (tertiary/aromatic N) is 4. The summed E-state index contributed by atoms with van der Waals surface area (Å²) in [5.74, 6) is -2.03. The zero-order chi connectivity index (χ0) is 23.8. The van der Waals surface area contributed by atoms with Gasteiger partial charge in [0, 0.05) is 37.3 Å². The minimum atomic E-state index is -0.943. The Morgan fingerprint density at radius 3 is 2.74 bits per heavy atom. The standard InChI is InChI=1S/C24H25F2N5O3/c1-14-22(28-16-11-17(13-27-12-16)30-5-7-34-8-6-30)21-18(26)9-15(25)10-19(21)29-23(14)31-4-2-3-20(31)24(32)33/h9-13,20H,2-8H2,1H3,(H,28,29)(H,32,33)/t20-/m0/s1. The zero-order valence-electron chi connectivity index (χ0n) is 18.7. The smallest absolute Gasteiger partial charge is 0.326 e. The summed E-state index contributed by atoms with van der Waals surface area (Å²) in [6, 6.07) is 3.18. The van der Waals surface area contributed by atoms with Crippen LogP contribution in [0.2, 0.25) is 0 Å². The number of hydrogen-bond donors (Lipinski definition) is 2. The van der Waals surface area contributed by atoms with Crippen molar-refractivity contribution in [1.82, 2.24) is 9.97 Å². The molecule has 0 bridgehead atoms. The Labute approximate surface area is 195 Å². The van der Waals surface area contributed by atoms with Gasteiger partial charge in [-0.25, -0.2) is 18.6 Å². The number of carbonyl (C=O) groups is 1. The molecule has 0 spiro atoms. The Morgan fingerprint density at radius 1 is 1.18 bits per heavy atom. The number of rotatable bonds is 5. The molecule has 0 unspecified atom stereocenters. The quantitative estimate of drug-likeness (QED) is 0.583. The maximum Gasteiger partial charge on any atom is 0.326 e. The van der Waals surface area contributed by atoms with Gasteiger partial charge in [-0.3, -0.25) is 4.98 Å². The lowest BCUT2D eigenvalue weighted by molar-refractivity contribution is -0.138. The minimum Gasteiger partial charge on any atom is -0.480 e. The molecule has 2 fully saturated rings. The van der Waals surface area contributed by atoms with Crippen molar-refractivity contribution in [3.63, 3.8) is 0 Å². The molecule has 2 saturated heterocycles. The maximum atomic E-state index is 15.0. The lowest BCUT2D eigenvalue weighted by Gasteiger charge is -2.29. The Hall–Kier alpha value is -3.53. The van der Waals surface area contributed by atoms with Gasteiger partial charge in [0.2, 0.25) is 0 Å². The Bertz CT molecular complexity index is 1250. The second-order valence-corrected chi connectivity index (χ2v) is 8.56. The van der Waals surface area contributed by atoms with E-state index >= 15 is 4.39 Å². The fourth-order valence-corrected chi connectivity index (χ4v) is 4.74. The van der Waals surface area contributed by atoms with E-state index in [4.69, 9.17) is 4.74 Å². The van der Waals surface area contributed by atoms with E-state index in [1.165, 1.54) is 6.07 Å². The van der Waals surface area contributed by atoms with Crippen molar-refractivity contribution in [1.29, 1.82) is 0 Å². The summed E-state index contributed by atoms with van der Waals surface area (Å²) in [5.41, 5.74) is 2.65. The zero-order valence-corrected chi connectivity index (χ0v) is 18.7. The van der Waals surface area contributed by atoms with Crippen LogP contribution >= 0.6 is 0 Å². The summed E-state index contributed by atoms with van der Waals surface area (Å²) in [5, 5.41) is 13.1. The third kappa shape index (κ3) is 4.09. The summed E-state index contributed by atoms with van der Waals surface area (Å²) in [4.78, 5) is 24.5. The van der Waals surface area contributed by atoms with Crippen molar-refractivity contribution in [3.05, 3.63) is 47.8 Å². The molecule has 1 atom stereocenters. The van der Waals surface area contributed by atoms with Crippen LogP contribution in [-0.2, 0) is 9.53 Å². The van der Waals surface area contributed by atoms with Crippen LogP contribution in [0.1, 0.15) is 18.4 Å². The van der Waals surface area contributed by atoms with Crippen molar-refractivity contribution in [2.24, 2.45) is 0 Å². The molecule has 2 N–H and O–H groups in total. The number of benzene rings is 1. The van der Waals surface area contributed by atoms with Gasteiger partial charge in [-0.05, 0) is 25.8 Å². The number of aromatic nitrogens is 2. The number of ether oxygens (including phenoxy) is 1. The first-order valence-corrected chi connectivity index (χ1v) is 11.3. The SMILES string of the molecule is Cc1c(N2CCC[C@H]2C(=O)O)nc2cc(F)cc(F)c2c1Nc1cncc(N2CCOCC2)c1. The summed E-state index contributed by atoms with van der Waals surface area (Å²) < 4.78 is 34.5. The number of hydrogen-bond acceptors (Lipinski definition) is 7. The molecule has 0 radical (unpaired) electrons. The second kappa shape index (κ2) is 9.02. The van der Waals surface area contributed by atoms with Crippen LogP contribution < -0.4 is 15.1 Å². The lowest BCUT2D eigenvalue weighted by atomic mass is 10.1. The highest BCUT2D eigenvalue weighted by Gasteiger charge is 2.33. The Kier molecular flexibility index (Phi) is 5.91. The monoisotopic (exact) mass is 469 g/mol. The molecule has 4 heterocycles. The average Bonchev–Trinajstić information content (AvgIpc) is 3.31. The van der Waals surface area contributed by atoms with Gasteiger partial charge in [0.05, 0.1) is 53.6 Å². The molecule has 1 aromatic carbocycles. The van der Waals surface area contributed by atoms with Crippen LogP contribution in [0.3, 0.4) is 0 Å². The largest absolute Gasteiger partial charge is 0.480 e. The van der Waals surface area contributed by atoms with Crippen LogP contribution in [0.25, 0.3) is 10.9 Å². The molecule has 0 amide bonds. The molecule has 2 aliphatic rings. The van der Waals surface area contributed by atoms with Crippen LogP contribution in [0.15, 0.2) is 30.6 Å². The van der Waals surface area contributed by atoms with Gasteiger partial charge >= 0.3 is 5.97 Å². The van der Waals surface area contributed by atoms with Crippen LogP contribution in [-0.4, -0.2) is 59.9 Å². The molecule has 2 aliphatic heterocycles. The van der Waals surface area contributed by atoms with Gasteiger partial charge in [0.15, 0.2) is 0 Å². The molecule has 8 nitrogen and oxygen atoms in total. The van der Waals surface area contributed by atoms with Crippen molar-refractivity contribution < 1.29 is 23.4 Å². The number of anilines is 4. The van der Waals surface area contributed by atoms with Gasteiger partial charge in [-0.15, -0.1) is 0 Å². The molecular weight excluding hydrogens is 444 g/mol. The Balaban J connectivity index is 1.61. The number of pyridine rings is 2. The number of halogens is 2. The normalized spacial score (nSPS) is 18.5. The van der Waals surface area contributed by atoms with E-state index in [9.17, 15) is 14.3 Å². The molecule has 0 saturated carbocycles. The number of morpholine rings is 1. The van der Waals surface area contributed by atoms with Crippen LogP contribution in [0.5, 0.6) is 0 Å². The van der Waals surface area contributed by atoms with Crippen LogP contribution in [0.4, 0.5) is 31.7 Å². The molecule has 5 rings (SSSR count). The number of nitrogens with one attached hydrogen (secondary N) is 1. The van der Waals surface area contributed by atoms with E-state index in [1.807, 2.05) is 6.07 Å². The van der Waals surface area contributed by atoms with Gasteiger partial charge in [0.25, 0.3) is 0 Å². The molecule has 178 valence electrons. The topological polar surface area (TPSA) is 90.8 Å². The van der Waals surface area contributed by atoms with E-state index in [-0.39, 0.29) is 10.9 Å². The molecule has 0 aliphatic carbocycles. The van der Waals surface area contributed by atoms with E-state index in [1.54, 1.807) is 24.2 Å². The van der Waals surface area contributed by atoms with Gasteiger partial charge < -0.3 is 25.0 Å². The van der Waals surface area contributed by atoms with E-state index < -0.39 is 23.6 Å². The third-order valence-electron chi connectivity index (χ3n) is 6.40. The van der Waals surface area contributed by atoms with Crippen molar-refractivity contribution in [2.45, 2.75) is 25.8 Å². The molecule has 10 heteroatoms. The van der Waals surface area contributed by atoms with Gasteiger partial charge in [-0.2, -0.15) is 0 Å². The summed E-state index contributed by atoms with van der Waals surface area (Å²) in [6.07, 6.45) is 4.58. The predicted octanol–water partition coefficient (Wildman–Crippen LogP) is 3.85. The number of carboxylic acid groups (broad SMARTS) is 1. The van der Waals surface area contributed by atoms with Gasteiger partial charge in [0.1, 0.15) is 23.5 Å². The number of fused-ring (bicyclic) bond motifs is 1. The molecule has 2 aromatic heterocycles. The first-order valence-electron chi connectivity index (χ1n) is 11.3. The molecule has 3 aromatic rings. The third-order valence-corrected chi connectivity index (χ3v) is 6.40. The first-order chi connectivity index (χ1) is 16.4. The predicted molar refractivity (Wildman–Crippen MR) is 125 cm³/mol. The van der Waals surface area contributed by atoms with Crippen LogP contribution in [0, 0.1) is 18.6 Å². The van der Waals surface area contributed by atoms with E-state index in [0.29, 0.717) is 55.4 Å². The fraction of sp³-hybridized carbons (Fsp3) is 0.375. The number of carboxylic acids is 1. The first kappa shape index (κ1) is 22.3. The Morgan fingerprint density at radius 2 is 1.97 bits per heavy atom. The highest BCUT2D eigenvalue weighted by molar-refractivity contribution is 5.98.